The summed E-state index contributed by atoms with van der Waals surface area (Å²) in [6, 6.07) is 12.8. The zero-order valence-corrected chi connectivity index (χ0v) is 15.2. The summed E-state index contributed by atoms with van der Waals surface area (Å²) in [5.41, 5.74) is 1.43. The highest BCUT2D eigenvalue weighted by Crippen LogP contribution is 2.22. The van der Waals surface area contributed by atoms with Gasteiger partial charge in [0, 0.05) is 10.0 Å². The van der Waals surface area contributed by atoms with Gasteiger partial charge in [0.1, 0.15) is 5.75 Å². The van der Waals surface area contributed by atoms with Crippen LogP contribution in [0.3, 0.4) is 0 Å². The molecule has 0 spiro atoms. The number of aromatic nitrogens is 1. The van der Waals surface area contributed by atoms with E-state index in [0.717, 1.165) is 14.7 Å². The van der Waals surface area contributed by atoms with Crippen molar-refractivity contribution >= 4 is 43.4 Å². The summed E-state index contributed by atoms with van der Waals surface area (Å²) in [5.74, 6) is 2.91. The Labute approximate surface area is 151 Å². The molecule has 120 valence electrons. The van der Waals surface area contributed by atoms with Crippen LogP contribution in [0.2, 0.25) is 0 Å². The van der Waals surface area contributed by atoms with Crippen molar-refractivity contribution in [2.75, 3.05) is 7.11 Å². The van der Waals surface area contributed by atoms with Crippen molar-refractivity contribution in [3.05, 3.63) is 57.3 Å². The van der Waals surface area contributed by atoms with Crippen molar-refractivity contribution < 1.29 is 9.53 Å². The molecule has 3 rings (SSSR count). The minimum atomic E-state index is -0.328. The lowest BCUT2D eigenvalue weighted by Crippen LogP contribution is -2.16. The van der Waals surface area contributed by atoms with Gasteiger partial charge < -0.3 is 9.30 Å². The summed E-state index contributed by atoms with van der Waals surface area (Å²) in [4.78, 5) is 17.3. The van der Waals surface area contributed by atoms with E-state index in [0.29, 0.717) is 22.7 Å². The highest BCUT2D eigenvalue weighted by atomic mass is 79.9. The Morgan fingerprint density at radius 2 is 2.21 bits per heavy atom. The average molecular weight is 401 g/mol. The molecule has 0 aliphatic heterocycles. The molecule has 1 heterocycles. The van der Waals surface area contributed by atoms with Crippen molar-refractivity contribution in [2.45, 2.75) is 6.54 Å². The van der Waals surface area contributed by atoms with Gasteiger partial charge in [-0.15, -0.1) is 6.42 Å². The predicted molar refractivity (Wildman–Crippen MR) is 99.2 cm³/mol. The van der Waals surface area contributed by atoms with E-state index in [1.165, 1.54) is 11.3 Å². The van der Waals surface area contributed by atoms with Gasteiger partial charge in [0.05, 0.1) is 23.9 Å². The lowest BCUT2D eigenvalue weighted by atomic mass is 10.2. The molecule has 24 heavy (non-hydrogen) atoms. The summed E-state index contributed by atoms with van der Waals surface area (Å²) in [6.07, 6.45) is 5.47. The van der Waals surface area contributed by atoms with Gasteiger partial charge in [-0.1, -0.05) is 39.3 Å². The standard InChI is InChI=1S/C18H13BrN2O2S/c1-3-9-21-15-8-7-13(19)11-16(15)24-18(21)20-17(22)12-5-4-6-14(10-12)23-2/h1,4-8,10-11H,9H2,2H3. The van der Waals surface area contributed by atoms with Gasteiger partial charge in [-0.25, -0.2) is 0 Å². The highest BCUT2D eigenvalue weighted by Gasteiger charge is 2.10. The number of fused-ring (bicyclic) bond motifs is 1. The Kier molecular flexibility index (Phi) is 4.84. The number of amides is 1. The Bertz CT molecular complexity index is 1030. The molecule has 4 nitrogen and oxygen atoms in total. The topological polar surface area (TPSA) is 43.6 Å². The van der Waals surface area contributed by atoms with Crippen molar-refractivity contribution in [1.82, 2.24) is 4.57 Å². The maximum atomic E-state index is 12.5. The van der Waals surface area contributed by atoms with Crippen LogP contribution in [0, 0.1) is 12.3 Å². The van der Waals surface area contributed by atoms with E-state index in [1.807, 2.05) is 22.8 Å². The number of halogens is 1. The van der Waals surface area contributed by atoms with Gasteiger partial charge in [0.25, 0.3) is 5.91 Å². The third kappa shape index (κ3) is 3.28. The molecule has 2 aromatic carbocycles. The van der Waals surface area contributed by atoms with Crippen LogP contribution in [0.1, 0.15) is 10.4 Å². The summed E-state index contributed by atoms with van der Waals surface area (Å²) in [5, 5.41) is 0. The van der Waals surface area contributed by atoms with Gasteiger partial charge >= 0.3 is 0 Å². The van der Waals surface area contributed by atoms with Gasteiger partial charge in [0.15, 0.2) is 4.80 Å². The molecule has 0 unspecified atom stereocenters. The smallest absolute Gasteiger partial charge is 0.279 e. The van der Waals surface area contributed by atoms with Crippen molar-refractivity contribution in [2.24, 2.45) is 4.99 Å². The fourth-order valence-electron chi connectivity index (χ4n) is 2.28. The monoisotopic (exact) mass is 400 g/mol. The second kappa shape index (κ2) is 7.04. The summed E-state index contributed by atoms with van der Waals surface area (Å²) >= 11 is 4.88. The van der Waals surface area contributed by atoms with Crippen molar-refractivity contribution in [3.63, 3.8) is 0 Å². The fourth-order valence-corrected chi connectivity index (χ4v) is 3.86. The number of carbonyl (C=O) groups is 1. The first-order valence-corrected chi connectivity index (χ1v) is 8.69. The van der Waals surface area contributed by atoms with Crippen molar-refractivity contribution in [3.8, 4) is 18.1 Å². The van der Waals surface area contributed by atoms with Gasteiger partial charge in [-0.2, -0.15) is 4.99 Å². The van der Waals surface area contributed by atoms with E-state index in [1.54, 1.807) is 31.4 Å². The van der Waals surface area contributed by atoms with Crippen LogP contribution < -0.4 is 9.54 Å². The van der Waals surface area contributed by atoms with Crippen LogP contribution in [0.4, 0.5) is 0 Å². The first kappa shape index (κ1) is 16.5. The number of rotatable bonds is 3. The van der Waals surface area contributed by atoms with Crippen LogP contribution in [-0.4, -0.2) is 17.6 Å². The molecule has 0 aliphatic carbocycles. The minimum absolute atomic E-state index is 0.328. The molecule has 0 saturated carbocycles. The third-order valence-corrected chi connectivity index (χ3v) is 4.94. The Morgan fingerprint density at radius 1 is 1.38 bits per heavy atom. The molecule has 1 amide bonds. The van der Waals surface area contributed by atoms with Gasteiger partial charge in [0.2, 0.25) is 0 Å². The average Bonchev–Trinajstić information content (AvgIpc) is 2.91. The summed E-state index contributed by atoms with van der Waals surface area (Å²) in [6.45, 7) is 0.353. The van der Waals surface area contributed by atoms with Crippen LogP contribution in [0.5, 0.6) is 5.75 Å². The molecule has 6 heteroatoms. The first-order chi connectivity index (χ1) is 11.6. The van der Waals surface area contributed by atoms with Crippen LogP contribution in [0.25, 0.3) is 10.2 Å². The molecule has 0 N–H and O–H groups in total. The number of thiazole rings is 1. The molecule has 0 atom stereocenters. The third-order valence-electron chi connectivity index (χ3n) is 3.41. The van der Waals surface area contributed by atoms with E-state index in [4.69, 9.17) is 11.2 Å². The maximum absolute atomic E-state index is 12.5. The lowest BCUT2D eigenvalue weighted by molar-refractivity contribution is 0.0997. The zero-order chi connectivity index (χ0) is 17.1. The van der Waals surface area contributed by atoms with E-state index in [2.05, 4.69) is 26.8 Å². The van der Waals surface area contributed by atoms with Crippen LogP contribution in [0.15, 0.2) is 51.9 Å². The molecule has 0 aliphatic rings. The fraction of sp³-hybridized carbons (Fsp3) is 0.111. The Morgan fingerprint density at radius 3 is 2.96 bits per heavy atom. The summed E-state index contributed by atoms with van der Waals surface area (Å²) < 4.78 is 8.99. The number of hydrogen-bond donors (Lipinski definition) is 0. The Balaban J connectivity index is 2.13. The zero-order valence-electron chi connectivity index (χ0n) is 12.8. The molecule has 0 bridgehead atoms. The number of hydrogen-bond acceptors (Lipinski definition) is 3. The number of methoxy groups -OCH3 is 1. The van der Waals surface area contributed by atoms with E-state index < -0.39 is 0 Å². The lowest BCUT2D eigenvalue weighted by Gasteiger charge is -2.01. The number of terminal acetylenes is 1. The van der Waals surface area contributed by atoms with E-state index in [9.17, 15) is 4.79 Å². The van der Waals surface area contributed by atoms with E-state index >= 15 is 0 Å². The second-order valence-electron chi connectivity index (χ2n) is 4.94. The largest absolute Gasteiger partial charge is 0.497 e. The maximum Gasteiger partial charge on any atom is 0.279 e. The summed E-state index contributed by atoms with van der Waals surface area (Å²) in [7, 11) is 1.56. The van der Waals surface area contributed by atoms with Crippen molar-refractivity contribution in [1.29, 1.82) is 0 Å². The number of nitrogens with zero attached hydrogens (tertiary/aromatic N) is 2. The Hall–Kier alpha value is -2.36. The highest BCUT2D eigenvalue weighted by molar-refractivity contribution is 9.10. The van der Waals surface area contributed by atoms with Crippen LogP contribution >= 0.6 is 27.3 Å². The normalized spacial score (nSPS) is 11.5. The number of benzene rings is 2. The van der Waals surface area contributed by atoms with Crippen LogP contribution in [-0.2, 0) is 6.54 Å². The minimum Gasteiger partial charge on any atom is -0.497 e. The molecule has 3 aromatic rings. The second-order valence-corrected chi connectivity index (χ2v) is 6.86. The molecule has 0 saturated heterocycles. The SMILES string of the molecule is C#CCn1c(=NC(=O)c2cccc(OC)c2)sc2cc(Br)ccc21. The van der Waals surface area contributed by atoms with Gasteiger partial charge in [-0.3, -0.25) is 4.79 Å². The molecule has 0 radical (unpaired) electrons. The van der Waals surface area contributed by atoms with Gasteiger partial charge in [-0.05, 0) is 36.4 Å². The first-order valence-electron chi connectivity index (χ1n) is 7.08. The quantitative estimate of drug-likeness (QED) is 0.626. The number of ether oxygens (including phenoxy) is 1. The predicted octanol–water partition coefficient (Wildman–Crippen LogP) is 3.85. The number of carbonyl (C=O) groups excluding carboxylic acids is 1. The molecular formula is C18H13BrN2O2S. The molecular weight excluding hydrogens is 388 g/mol. The van der Waals surface area contributed by atoms with E-state index in [-0.39, 0.29) is 5.91 Å². The molecule has 1 aromatic heterocycles. The molecule has 0 fully saturated rings.